The molecule has 0 radical (unpaired) electrons. The van der Waals surface area contributed by atoms with Gasteiger partial charge in [0.1, 0.15) is 47.0 Å². The van der Waals surface area contributed by atoms with Crippen molar-refractivity contribution in [3.63, 3.8) is 0 Å². The van der Waals surface area contributed by atoms with Gasteiger partial charge in [0.2, 0.25) is 30.4 Å². The Morgan fingerprint density at radius 3 is 1.46 bits per heavy atom. The van der Waals surface area contributed by atoms with E-state index in [9.17, 15) is 59.2 Å². The van der Waals surface area contributed by atoms with Gasteiger partial charge in [-0.1, -0.05) is 64.6 Å². The van der Waals surface area contributed by atoms with E-state index in [1.54, 1.807) is 69.4 Å². The molecule has 22 nitrogen and oxygen atoms in total. The number of ketones is 4. The van der Waals surface area contributed by atoms with Crippen LogP contribution < -0.4 is 34.0 Å². The van der Waals surface area contributed by atoms with Crippen molar-refractivity contribution in [2.45, 2.75) is 241 Å². The Morgan fingerprint density at radius 2 is 0.978 bits per heavy atom. The number of halogens is 3. The second kappa shape index (κ2) is 38.1. The highest BCUT2D eigenvalue weighted by Gasteiger charge is 2.50. The van der Waals surface area contributed by atoms with Gasteiger partial charge in [0.25, 0.3) is 0 Å². The van der Waals surface area contributed by atoms with Crippen molar-refractivity contribution < 1.29 is 73.0 Å². The van der Waals surface area contributed by atoms with Gasteiger partial charge in [-0.3, -0.25) is 52.9 Å². The molecule has 8 aromatic carbocycles. The summed E-state index contributed by atoms with van der Waals surface area (Å²) in [6, 6.07) is 48.1. The number of sulfone groups is 2. The fourth-order valence-electron chi connectivity index (χ4n) is 19.0. The van der Waals surface area contributed by atoms with Gasteiger partial charge in [-0.15, -0.1) is 21.5 Å². The molecule has 3 amide bonds. The molecule has 10 aromatic rings. The first-order chi connectivity index (χ1) is 63.7. The monoisotopic (exact) mass is 1890 g/mol. The molecule has 0 N–H and O–H groups in total. The summed E-state index contributed by atoms with van der Waals surface area (Å²) in [7, 11) is -5.92. The van der Waals surface area contributed by atoms with Crippen molar-refractivity contribution in [3.05, 3.63) is 259 Å². The number of fused-ring (bicyclic) bond motifs is 4. The molecule has 0 spiro atoms. The maximum Gasteiger partial charge on any atom is 0.241 e. The maximum absolute atomic E-state index is 15.5. The molecular formula is C107H120F3N9O13S3. The van der Waals surface area contributed by atoms with Crippen molar-refractivity contribution in [1.29, 1.82) is 0 Å². The zero-order chi connectivity index (χ0) is 97.1. The number of ether oxygens (including phenoxy) is 2. The molecule has 2 unspecified atom stereocenters. The highest BCUT2D eigenvalue weighted by Crippen LogP contribution is 2.55. The van der Waals surface area contributed by atoms with Crippen LogP contribution in [0.3, 0.4) is 0 Å². The van der Waals surface area contributed by atoms with Crippen LogP contribution in [0.15, 0.2) is 182 Å². The third-order valence-electron chi connectivity index (χ3n) is 28.3. The van der Waals surface area contributed by atoms with Crippen molar-refractivity contribution in [3.8, 4) is 11.5 Å². The molecule has 710 valence electrons. The van der Waals surface area contributed by atoms with Crippen molar-refractivity contribution >= 4 is 123 Å². The van der Waals surface area contributed by atoms with E-state index in [4.69, 9.17) is 9.47 Å². The zero-order valence-corrected chi connectivity index (χ0v) is 82.1. The van der Waals surface area contributed by atoms with E-state index >= 15 is 4.39 Å². The quantitative estimate of drug-likeness (QED) is 0.0456. The number of aryl methyl sites for hydroxylation is 4. The number of alkyl halides is 2. The van der Waals surface area contributed by atoms with Crippen LogP contribution in [0.1, 0.15) is 263 Å². The molecule has 9 heterocycles. The molecule has 8 aliphatic rings. The lowest BCUT2D eigenvalue weighted by atomic mass is 9.78. The molecule has 2 aromatic heterocycles. The molecule has 4 fully saturated rings. The third kappa shape index (κ3) is 20.7. The smallest absolute Gasteiger partial charge is 0.241 e. The zero-order valence-electron chi connectivity index (χ0n) is 79.6. The molecule has 135 heavy (non-hydrogen) atoms. The van der Waals surface area contributed by atoms with E-state index in [2.05, 4.69) is 65.7 Å². The number of benzene rings is 8. The van der Waals surface area contributed by atoms with Gasteiger partial charge in [0.05, 0.1) is 85.9 Å². The van der Waals surface area contributed by atoms with E-state index in [0.29, 0.717) is 114 Å². The van der Waals surface area contributed by atoms with Gasteiger partial charge in [-0.25, -0.2) is 30.0 Å². The van der Waals surface area contributed by atoms with Crippen LogP contribution in [-0.4, -0.2) is 126 Å². The minimum Gasteiger partial charge on any atom is -0.461 e. The van der Waals surface area contributed by atoms with Gasteiger partial charge in [0.15, 0.2) is 23.1 Å². The van der Waals surface area contributed by atoms with E-state index in [-0.39, 0.29) is 98.5 Å². The maximum atomic E-state index is 15.5. The number of anilines is 9. The lowest BCUT2D eigenvalue weighted by Crippen LogP contribution is -2.37. The van der Waals surface area contributed by atoms with E-state index in [1.165, 1.54) is 49.7 Å². The number of allylic oxidation sites excluding steroid dienone is 1. The van der Waals surface area contributed by atoms with Crippen LogP contribution in [-0.2, 0) is 75.1 Å². The average Bonchev–Trinajstić information content (AvgIpc) is 1.57. The van der Waals surface area contributed by atoms with E-state index < -0.39 is 54.5 Å². The number of carbonyl (C=O) groups is 7. The minimum absolute atomic E-state index is 0.000409. The largest absolute Gasteiger partial charge is 0.461 e. The van der Waals surface area contributed by atoms with Crippen LogP contribution in [0.2, 0.25) is 0 Å². The van der Waals surface area contributed by atoms with Gasteiger partial charge in [-0.2, -0.15) is 5.10 Å². The standard InChI is InChI=1S/C29H35FN2O4S.C28H33NO4S.C26H28FN3O3.C24H24FN3O2S/c1-19-6-7-20(31-12-5-13-31)16-24(19)32-25-18-23(30)21(17-22(25)28(2,3)27(32)34)26(33)8-9-29(4)10-14-37(35,36)15-11-29;1-27(2)23-18-21(25(30)11-12-28(3)13-15-34(32,33)16-14-28)9-10-24(23)29(26(27)31)22-6-4-5-20(17-22)19-7-8-19;1-5-29-16-18(15-28-29)9-12-24(31)19-10-11-23-22(13-19)26(3,4)25(32)30(23)20-7-6-8-21(14-20)33-17(2)27;1-14-24(4,5)20-11-17(22(29)13-23-27-26-16(3)31-23)9-10-21(20)28(14)18-7-6-8-19(12-18)30-15(2)25/h6-7,16-18H,5,8-15H2,1-4H3;4-6,9-10,17-19H,7-8,11-16H2,1-3H3;6-8,10-11,13-17H,5,9,12H2,1-4H3;6-12,15H,1,13H2,2-5H3. The number of carbonyl (C=O) groups excluding carboxylic acids is 7. The Hall–Kier alpha value is -11.8. The van der Waals surface area contributed by atoms with Crippen LogP contribution in [0.25, 0.3) is 0 Å². The molecule has 7 aliphatic heterocycles. The number of hydrogen-bond donors (Lipinski definition) is 0. The van der Waals surface area contributed by atoms with E-state index in [0.717, 1.165) is 104 Å². The Labute approximate surface area is 793 Å². The molecule has 1 aliphatic carbocycles. The van der Waals surface area contributed by atoms with Crippen molar-refractivity contribution in [2.24, 2.45) is 10.8 Å². The van der Waals surface area contributed by atoms with E-state index in [1.807, 2.05) is 170 Å². The second-order valence-corrected chi connectivity index (χ2v) is 45.8. The Kier molecular flexibility index (Phi) is 27.6. The second-order valence-electron chi connectivity index (χ2n) is 40.0. The number of aromatic nitrogens is 4. The van der Waals surface area contributed by atoms with Crippen molar-refractivity contribution in [1.82, 2.24) is 20.0 Å². The Morgan fingerprint density at radius 1 is 0.511 bits per heavy atom. The van der Waals surface area contributed by atoms with Crippen LogP contribution in [0.5, 0.6) is 11.5 Å². The molecule has 1 saturated carbocycles. The van der Waals surface area contributed by atoms with Crippen LogP contribution >= 0.6 is 11.3 Å². The summed E-state index contributed by atoms with van der Waals surface area (Å²) in [6.45, 7) is 35.0. The average molecular weight is 1890 g/mol. The molecule has 3 saturated heterocycles. The number of nitrogens with zero attached hydrogens (tertiary/aromatic N) is 9. The number of Topliss-reactive ketones (excluding diaryl/α,β-unsaturated/α-hetero) is 4. The molecule has 18 rings (SSSR count). The Bertz CT molecular complexity index is 6580. The van der Waals surface area contributed by atoms with Crippen molar-refractivity contribution in [2.75, 3.05) is 60.6 Å². The highest BCUT2D eigenvalue weighted by atomic mass is 32.2. The van der Waals surface area contributed by atoms with Crippen LogP contribution in [0, 0.1) is 30.5 Å². The fraction of sp³-hybridized carbons (Fsp3) is 0.421. The van der Waals surface area contributed by atoms with Gasteiger partial charge in [-0.05, 0) is 297 Å². The van der Waals surface area contributed by atoms with Gasteiger partial charge in [0, 0.05) is 122 Å². The summed E-state index contributed by atoms with van der Waals surface area (Å²) in [5, 5.41) is 13.9. The first-order valence-corrected chi connectivity index (χ1v) is 51.1. The molecule has 28 heteroatoms. The topological polar surface area (TPSA) is 266 Å². The third-order valence-corrected chi connectivity index (χ3v) is 32.4. The Balaban J connectivity index is 0.000000137. The summed E-state index contributed by atoms with van der Waals surface area (Å²) >= 11 is 1.44. The molecular weight excluding hydrogens is 1770 g/mol. The molecule has 2 atom stereocenters. The number of hydrogen-bond acceptors (Lipinski definition) is 19. The predicted molar refractivity (Wildman–Crippen MR) is 525 cm³/mol. The number of amides is 3. The first kappa shape index (κ1) is 97.8. The number of rotatable bonds is 26. The van der Waals surface area contributed by atoms with Gasteiger partial charge < -0.3 is 19.3 Å². The first-order valence-electron chi connectivity index (χ1n) is 46.6. The normalized spacial score (nSPS) is 18.9. The predicted octanol–water partition coefficient (Wildman–Crippen LogP) is 22.5. The minimum atomic E-state index is -3.00. The summed E-state index contributed by atoms with van der Waals surface area (Å²) in [4.78, 5) is 102. The summed E-state index contributed by atoms with van der Waals surface area (Å²) < 4.78 is 101. The lowest BCUT2D eigenvalue weighted by molar-refractivity contribution is -0.122. The SMILES string of the molecule is C=C1N(c2cccc(OC(C)F)c2)c2ccc(C(=O)Cc3nnc(C)s3)cc2C1(C)C.CC1(CCC(=O)c2ccc3c(c2)C(C)(C)C(=O)N3c2cccc(C3CC3)c2)CCS(=O)(=O)CC1.CCn1cc(CCC(=O)c2ccc3c(c2)C(C)(C)C(=O)N3c2cccc(OC(C)F)c2)cn1.Cc1ccc(N2CCC2)cc1N1C(=O)C(C)(C)c2cc(C(=O)CCC3(C)CCS(=O)(=O)CC3)c(F)cc21. The molecule has 0 bridgehead atoms. The summed E-state index contributed by atoms with van der Waals surface area (Å²) in [5.74, 6) is 1.00. The highest BCUT2D eigenvalue weighted by molar-refractivity contribution is 7.91. The summed E-state index contributed by atoms with van der Waals surface area (Å²) in [6.07, 6.45) is 9.64. The summed E-state index contributed by atoms with van der Waals surface area (Å²) in [5.41, 5.74) is 13.2. The van der Waals surface area contributed by atoms with Crippen LogP contribution in [0.4, 0.5) is 64.4 Å². The van der Waals surface area contributed by atoms with Gasteiger partial charge >= 0.3 is 0 Å². The fourth-order valence-corrected chi connectivity index (χ4v) is 23.3. The lowest BCUT2D eigenvalue weighted by Gasteiger charge is -2.34.